The number of hydrogen-bond donors (Lipinski definition) is 0. The van der Waals surface area contributed by atoms with Crippen molar-refractivity contribution in [2.75, 3.05) is 4.90 Å². The van der Waals surface area contributed by atoms with Gasteiger partial charge in [-0.2, -0.15) is 13.2 Å². The van der Waals surface area contributed by atoms with E-state index in [9.17, 15) is 18.0 Å². The average molecular weight is 489 g/mol. The Kier molecular flexibility index (Phi) is 5.28. The van der Waals surface area contributed by atoms with Gasteiger partial charge in [0.1, 0.15) is 12.2 Å². The number of amides is 1. The molecule has 2 heterocycles. The fraction of sp³-hybridized carbons (Fsp3) is 0.400. The highest BCUT2D eigenvalue weighted by Crippen LogP contribution is 2.52. The fourth-order valence-electron chi connectivity index (χ4n) is 5.49. The number of anilines is 1. The smallest absolute Gasteiger partial charge is 0.320 e. The zero-order valence-corrected chi connectivity index (χ0v) is 19.8. The summed E-state index contributed by atoms with van der Waals surface area (Å²) in [6, 6.07) is 10.1. The van der Waals surface area contributed by atoms with Gasteiger partial charge in [-0.1, -0.05) is 19.1 Å². The lowest BCUT2D eigenvalue weighted by Crippen LogP contribution is -2.43. The molecule has 5 rings (SSSR count). The molecule has 0 saturated heterocycles. The van der Waals surface area contributed by atoms with E-state index in [0.717, 1.165) is 30.3 Å². The minimum absolute atomic E-state index is 0.00995. The first-order chi connectivity index (χ1) is 16.0. The highest BCUT2D eigenvalue weighted by Gasteiger charge is 2.48. The van der Waals surface area contributed by atoms with Crippen molar-refractivity contribution in [2.45, 2.75) is 50.2 Å². The molecule has 1 aliphatic heterocycles. The van der Waals surface area contributed by atoms with Crippen LogP contribution in [0.5, 0.6) is 0 Å². The predicted molar refractivity (Wildman–Crippen MR) is 123 cm³/mol. The van der Waals surface area contributed by atoms with E-state index in [2.05, 4.69) is 17.1 Å². The summed E-state index contributed by atoms with van der Waals surface area (Å²) in [6.45, 7) is 3.62. The first kappa shape index (κ1) is 22.9. The summed E-state index contributed by atoms with van der Waals surface area (Å²) in [4.78, 5) is 14.7. The van der Waals surface area contributed by atoms with Gasteiger partial charge in [-0.25, -0.2) is 0 Å². The Morgan fingerprint density at radius 1 is 1.21 bits per heavy atom. The summed E-state index contributed by atoms with van der Waals surface area (Å²) in [5, 5.41) is 7.75. The number of carbonyl (C=O) groups excluding carboxylic acids is 1. The number of aromatic nitrogens is 3. The predicted octanol–water partition coefficient (Wildman–Crippen LogP) is 6.01. The van der Waals surface area contributed by atoms with E-state index in [-0.39, 0.29) is 28.7 Å². The van der Waals surface area contributed by atoms with Crippen LogP contribution in [0.3, 0.4) is 0 Å². The molecule has 3 aromatic rings. The SMILES string of the molecule is CC1CC(c2cccc(N3Cc4c(cc(C(C)Cl)cc4C(F)(F)F)C3=O)c2)(c2nncn2C)C1. The van der Waals surface area contributed by atoms with Crippen LogP contribution in [0.15, 0.2) is 42.7 Å². The molecule has 2 aliphatic rings. The molecule has 34 heavy (non-hydrogen) atoms. The molecule has 1 saturated carbocycles. The van der Waals surface area contributed by atoms with Crippen molar-refractivity contribution in [3.63, 3.8) is 0 Å². The molecular weight excluding hydrogens is 465 g/mol. The monoisotopic (exact) mass is 488 g/mol. The number of hydrogen-bond acceptors (Lipinski definition) is 3. The molecule has 1 aromatic heterocycles. The normalized spacial score (nSPS) is 23.1. The molecule has 2 aromatic carbocycles. The standard InChI is InChI=1S/C25H24ClF3N4O/c1-14-10-24(11-14,23-31-30-13-32(23)3)17-5-4-6-18(9-17)33-12-20-19(22(33)34)7-16(15(2)26)8-21(20)25(27,28)29/h4-9,13-15H,10-12H2,1-3H3. The zero-order chi connectivity index (χ0) is 24.4. The molecule has 1 atom stereocenters. The quantitative estimate of drug-likeness (QED) is 0.422. The van der Waals surface area contributed by atoms with Gasteiger partial charge < -0.3 is 9.47 Å². The third-order valence-electron chi connectivity index (χ3n) is 7.07. The number of fused-ring (bicyclic) bond motifs is 1. The second-order valence-corrected chi connectivity index (χ2v) is 10.2. The molecule has 1 aliphatic carbocycles. The molecule has 1 unspecified atom stereocenters. The third-order valence-corrected chi connectivity index (χ3v) is 7.32. The first-order valence-electron chi connectivity index (χ1n) is 11.2. The van der Waals surface area contributed by atoms with Gasteiger partial charge in [0.05, 0.1) is 22.9 Å². The molecule has 0 bridgehead atoms. The summed E-state index contributed by atoms with van der Waals surface area (Å²) < 4.78 is 43.5. The molecule has 0 spiro atoms. The maximum absolute atomic E-state index is 13.9. The highest BCUT2D eigenvalue weighted by molar-refractivity contribution is 6.20. The van der Waals surface area contributed by atoms with Gasteiger partial charge in [0.15, 0.2) is 0 Å². The van der Waals surface area contributed by atoms with Crippen LogP contribution in [0.2, 0.25) is 0 Å². The third kappa shape index (κ3) is 3.50. The zero-order valence-electron chi connectivity index (χ0n) is 19.0. The largest absolute Gasteiger partial charge is 0.416 e. The molecule has 1 amide bonds. The Bertz CT molecular complexity index is 1280. The molecule has 178 valence electrons. The van der Waals surface area contributed by atoms with Crippen molar-refractivity contribution in [3.8, 4) is 0 Å². The number of carbonyl (C=O) groups is 1. The van der Waals surface area contributed by atoms with Gasteiger partial charge in [0.25, 0.3) is 5.91 Å². The lowest BCUT2D eigenvalue weighted by molar-refractivity contribution is -0.138. The Hall–Kier alpha value is -2.87. The van der Waals surface area contributed by atoms with Crippen molar-refractivity contribution in [3.05, 3.63) is 76.4 Å². The summed E-state index contributed by atoms with van der Waals surface area (Å²) in [7, 11) is 1.90. The van der Waals surface area contributed by atoms with Crippen molar-refractivity contribution < 1.29 is 18.0 Å². The molecule has 0 N–H and O–H groups in total. The summed E-state index contributed by atoms with van der Waals surface area (Å²) in [6.07, 6.45) is -1.15. The van der Waals surface area contributed by atoms with E-state index in [1.807, 2.05) is 29.8 Å². The fourth-order valence-corrected chi connectivity index (χ4v) is 5.61. The van der Waals surface area contributed by atoms with Gasteiger partial charge in [0.2, 0.25) is 0 Å². The van der Waals surface area contributed by atoms with Gasteiger partial charge in [-0.15, -0.1) is 21.8 Å². The highest BCUT2D eigenvalue weighted by atomic mass is 35.5. The van der Waals surface area contributed by atoms with Crippen LogP contribution in [0, 0.1) is 5.92 Å². The van der Waals surface area contributed by atoms with Crippen LogP contribution in [0.25, 0.3) is 0 Å². The van der Waals surface area contributed by atoms with Crippen molar-refractivity contribution in [1.82, 2.24) is 14.8 Å². The van der Waals surface area contributed by atoms with Gasteiger partial charge in [0, 0.05) is 18.3 Å². The summed E-state index contributed by atoms with van der Waals surface area (Å²) >= 11 is 6.09. The minimum atomic E-state index is -4.58. The number of aryl methyl sites for hydroxylation is 1. The van der Waals surface area contributed by atoms with Crippen LogP contribution >= 0.6 is 11.6 Å². The van der Waals surface area contributed by atoms with Gasteiger partial charge >= 0.3 is 6.18 Å². The first-order valence-corrected chi connectivity index (χ1v) is 11.6. The van der Waals surface area contributed by atoms with Crippen LogP contribution in [-0.4, -0.2) is 20.7 Å². The lowest BCUT2D eigenvalue weighted by atomic mass is 9.58. The van der Waals surface area contributed by atoms with Crippen LogP contribution in [0.1, 0.15) is 70.5 Å². The van der Waals surface area contributed by atoms with Crippen LogP contribution < -0.4 is 4.90 Å². The second kappa shape index (κ2) is 7.83. The van der Waals surface area contributed by atoms with E-state index < -0.39 is 23.0 Å². The molecule has 9 heteroatoms. The van der Waals surface area contributed by atoms with E-state index in [1.54, 1.807) is 19.3 Å². The minimum Gasteiger partial charge on any atom is -0.320 e. The Balaban J connectivity index is 1.57. The summed E-state index contributed by atoms with van der Waals surface area (Å²) in [5.74, 6) is 0.897. The van der Waals surface area contributed by atoms with Crippen molar-refractivity contribution in [2.24, 2.45) is 13.0 Å². The molecular formula is C25H24ClF3N4O. The van der Waals surface area contributed by atoms with Crippen LogP contribution in [-0.2, 0) is 25.2 Å². The van der Waals surface area contributed by atoms with E-state index in [0.29, 0.717) is 11.6 Å². The van der Waals surface area contributed by atoms with Gasteiger partial charge in [-0.3, -0.25) is 4.79 Å². The number of alkyl halides is 4. The number of nitrogens with zero attached hydrogens (tertiary/aromatic N) is 4. The van der Waals surface area contributed by atoms with Crippen molar-refractivity contribution in [1.29, 1.82) is 0 Å². The van der Waals surface area contributed by atoms with E-state index in [1.165, 1.54) is 11.0 Å². The summed E-state index contributed by atoms with van der Waals surface area (Å²) in [5.41, 5.74) is 0.730. The number of halogens is 4. The van der Waals surface area contributed by atoms with E-state index >= 15 is 0 Å². The van der Waals surface area contributed by atoms with Gasteiger partial charge in [-0.05, 0) is 66.6 Å². The van der Waals surface area contributed by atoms with Crippen molar-refractivity contribution >= 4 is 23.2 Å². The number of benzene rings is 2. The van der Waals surface area contributed by atoms with Crippen LogP contribution in [0.4, 0.5) is 18.9 Å². The number of rotatable bonds is 4. The lowest BCUT2D eigenvalue weighted by Gasteiger charge is -2.46. The van der Waals surface area contributed by atoms with E-state index in [4.69, 9.17) is 11.6 Å². The second-order valence-electron chi connectivity index (χ2n) is 9.51. The maximum Gasteiger partial charge on any atom is 0.416 e. The average Bonchev–Trinajstić information content (AvgIpc) is 3.33. The Morgan fingerprint density at radius 2 is 1.94 bits per heavy atom. The topological polar surface area (TPSA) is 51.0 Å². The molecule has 5 nitrogen and oxygen atoms in total. The molecule has 0 radical (unpaired) electrons. The Morgan fingerprint density at radius 3 is 2.53 bits per heavy atom. The maximum atomic E-state index is 13.9. The Labute approximate surface area is 200 Å². The molecule has 1 fully saturated rings.